The molecule has 3 nitrogen and oxygen atoms in total. The zero-order valence-electron chi connectivity index (χ0n) is 7.08. The molecule has 66 valence electrons. The SMILES string of the molecule is CNOCCc1cccc(O)c1. The lowest BCUT2D eigenvalue weighted by molar-refractivity contribution is 0.0603. The van der Waals surface area contributed by atoms with E-state index in [1.54, 1.807) is 19.2 Å². The second-order valence-corrected chi connectivity index (χ2v) is 2.47. The summed E-state index contributed by atoms with van der Waals surface area (Å²) in [6, 6.07) is 7.17. The summed E-state index contributed by atoms with van der Waals surface area (Å²) in [5.41, 5.74) is 3.66. The summed E-state index contributed by atoms with van der Waals surface area (Å²) in [6.07, 6.45) is 0.801. The Morgan fingerprint density at radius 1 is 1.50 bits per heavy atom. The fourth-order valence-electron chi connectivity index (χ4n) is 0.983. The Hall–Kier alpha value is -1.06. The first-order valence-electron chi connectivity index (χ1n) is 3.89. The van der Waals surface area contributed by atoms with Gasteiger partial charge >= 0.3 is 0 Å². The van der Waals surface area contributed by atoms with Crippen molar-refractivity contribution in [2.24, 2.45) is 0 Å². The third-order valence-electron chi connectivity index (χ3n) is 1.55. The fourth-order valence-corrected chi connectivity index (χ4v) is 0.983. The molecular weight excluding hydrogens is 154 g/mol. The zero-order valence-corrected chi connectivity index (χ0v) is 7.08. The molecule has 0 unspecified atom stereocenters. The Bertz CT molecular complexity index is 238. The molecular formula is C9H13NO2. The number of phenolic OH excluding ortho intramolecular Hbond substituents is 1. The standard InChI is InChI=1S/C9H13NO2/c1-10-12-6-5-8-3-2-4-9(11)7-8/h2-4,7,10-11H,5-6H2,1H3. The highest BCUT2D eigenvalue weighted by molar-refractivity contribution is 5.27. The Labute approximate surface area is 71.9 Å². The smallest absolute Gasteiger partial charge is 0.115 e. The Morgan fingerprint density at radius 3 is 3.00 bits per heavy atom. The van der Waals surface area contributed by atoms with Crippen LogP contribution in [0, 0.1) is 0 Å². The van der Waals surface area contributed by atoms with E-state index in [1.165, 1.54) is 0 Å². The summed E-state index contributed by atoms with van der Waals surface area (Å²) < 4.78 is 0. The summed E-state index contributed by atoms with van der Waals surface area (Å²) in [5, 5.41) is 9.11. The zero-order chi connectivity index (χ0) is 8.81. The number of nitrogens with one attached hydrogen (secondary N) is 1. The number of hydrogen-bond acceptors (Lipinski definition) is 3. The lowest BCUT2D eigenvalue weighted by atomic mass is 10.1. The average molecular weight is 167 g/mol. The molecule has 0 atom stereocenters. The van der Waals surface area contributed by atoms with Gasteiger partial charge in [-0.3, -0.25) is 0 Å². The van der Waals surface area contributed by atoms with Crippen LogP contribution in [0.1, 0.15) is 5.56 Å². The maximum absolute atomic E-state index is 9.11. The molecule has 0 bridgehead atoms. The second-order valence-electron chi connectivity index (χ2n) is 2.47. The van der Waals surface area contributed by atoms with Gasteiger partial charge in [0.1, 0.15) is 5.75 Å². The molecule has 0 amide bonds. The Kier molecular flexibility index (Phi) is 3.57. The monoisotopic (exact) mass is 167 g/mol. The number of hydrogen-bond donors (Lipinski definition) is 2. The minimum Gasteiger partial charge on any atom is -0.508 e. The van der Waals surface area contributed by atoms with Gasteiger partial charge in [0.05, 0.1) is 6.61 Å². The number of hydroxylamine groups is 1. The van der Waals surface area contributed by atoms with Crippen LogP contribution in [0.4, 0.5) is 0 Å². The number of rotatable bonds is 4. The highest BCUT2D eigenvalue weighted by Crippen LogP contribution is 2.10. The Balaban J connectivity index is 2.41. The summed E-state index contributed by atoms with van der Waals surface area (Å²) in [5.74, 6) is 0.303. The Morgan fingerprint density at radius 2 is 2.33 bits per heavy atom. The lowest BCUT2D eigenvalue weighted by Crippen LogP contribution is -2.09. The van der Waals surface area contributed by atoms with Crippen LogP contribution in [0.15, 0.2) is 24.3 Å². The van der Waals surface area contributed by atoms with Gasteiger partial charge in [-0.15, -0.1) is 0 Å². The maximum atomic E-state index is 9.11. The number of benzene rings is 1. The van der Waals surface area contributed by atoms with Crippen LogP contribution in [0.25, 0.3) is 0 Å². The van der Waals surface area contributed by atoms with Gasteiger partial charge in [-0.25, -0.2) is 5.48 Å². The van der Waals surface area contributed by atoms with Gasteiger partial charge in [0.15, 0.2) is 0 Å². The van der Waals surface area contributed by atoms with Crippen LogP contribution in [0.2, 0.25) is 0 Å². The van der Waals surface area contributed by atoms with Crippen molar-refractivity contribution in [3.63, 3.8) is 0 Å². The predicted octanol–water partition coefficient (Wildman–Crippen LogP) is 1.09. The number of phenols is 1. The van der Waals surface area contributed by atoms with Gasteiger partial charge in [0.2, 0.25) is 0 Å². The lowest BCUT2D eigenvalue weighted by Gasteiger charge is -2.01. The molecule has 0 saturated heterocycles. The van der Waals surface area contributed by atoms with Gasteiger partial charge in [-0.2, -0.15) is 0 Å². The molecule has 0 saturated carbocycles. The van der Waals surface area contributed by atoms with Crippen molar-refractivity contribution in [3.8, 4) is 5.75 Å². The molecule has 2 N–H and O–H groups in total. The van der Waals surface area contributed by atoms with Crippen molar-refractivity contribution in [2.45, 2.75) is 6.42 Å². The molecule has 12 heavy (non-hydrogen) atoms. The summed E-state index contributed by atoms with van der Waals surface area (Å²) in [7, 11) is 1.72. The van der Waals surface area contributed by atoms with Gasteiger partial charge in [0.25, 0.3) is 0 Å². The molecule has 1 aromatic carbocycles. The first kappa shape index (κ1) is 9.03. The highest BCUT2D eigenvalue weighted by atomic mass is 16.6. The third kappa shape index (κ3) is 2.90. The third-order valence-corrected chi connectivity index (χ3v) is 1.55. The minimum absolute atomic E-state index is 0.303. The van der Waals surface area contributed by atoms with Crippen molar-refractivity contribution in [3.05, 3.63) is 29.8 Å². The van der Waals surface area contributed by atoms with Gasteiger partial charge in [-0.05, 0) is 24.1 Å². The van der Waals surface area contributed by atoms with E-state index in [2.05, 4.69) is 5.48 Å². The van der Waals surface area contributed by atoms with E-state index in [9.17, 15) is 0 Å². The van der Waals surface area contributed by atoms with Crippen LogP contribution < -0.4 is 5.48 Å². The summed E-state index contributed by atoms with van der Waals surface area (Å²) in [6.45, 7) is 0.611. The molecule has 0 aliphatic rings. The largest absolute Gasteiger partial charge is 0.508 e. The topological polar surface area (TPSA) is 41.5 Å². The normalized spacial score (nSPS) is 10.1. The van der Waals surface area contributed by atoms with Crippen molar-refractivity contribution >= 4 is 0 Å². The van der Waals surface area contributed by atoms with Crippen LogP contribution in [0.3, 0.4) is 0 Å². The highest BCUT2D eigenvalue weighted by Gasteiger charge is 1.93. The minimum atomic E-state index is 0.303. The molecule has 0 spiro atoms. The van der Waals surface area contributed by atoms with Gasteiger partial charge in [-0.1, -0.05) is 12.1 Å². The maximum Gasteiger partial charge on any atom is 0.115 e. The first-order valence-corrected chi connectivity index (χ1v) is 3.89. The van der Waals surface area contributed by atoms with E-state index >= 15 is 0 Å². The molecule has 0 aliphatic heterocycles. The number of aromatic hydroxyl groups is 1. The van der Waals surface area contributed by atoms with E-state index in [1.807, 2.05) is 12.1 Å². The molecule has 0 fully saturated rings. The molecule has 3 heteroatoms. The summed E-state index contributed by atoms with van der Waals surface area (Å²) in [4.78, 5) is 4.95. The quantitative estimate of drug-likeness (QED) is 0.521. The van der Waals surface area contributed by atoms with Crippen molar-refractivity contribution in [1.29, 1.82) is 0 Å². The predicted molar refractivity (Wildman–Crippen MR) is 46.8 cm³/mol. The van der Waals surface area contributed by atoms with E-state index in [0.29, 0.717) is 12.4 Å². The van der Waals surface area contributed by atoms with Gasteiger partial charge < -0.3 is 9.94 Å². The van der Waals surface area contributed by atoms with E-state index < -0.39 is 0 Å². The van der Waals surface area contributed by atoms with Crippen molar-refractivity contribution in [1.82, 2.24) is 5.48 Å². The molecule has 0 aromatic heterocycles. The molecule has 1 rings (SSSR count). The van der Waals surface area contributed by atoms with E-state index in [-0.39, 0.29) is 0 Å². The summed E-state index contributed by atoms with van der Waals surface area (Å²) >= 11 is 0. The van der Waals surface area contributed by atoms with Crippen LogP contribution in [-0.2, 0) is 11.3 Å². The molecule has 1 aromatic rings. The van der Waals surface area contributed by atoms with E-state index in [0.717, 1.165) is 12.0 Å². The van der Waals surface area contributed by atoms with Crippen LogP contribution >= 0.6 is 0 Å². The first-order chi connectivity index (χ1) is 5.83. The average Bonchev–Trinajstić information content (AvgIpc) is 2.05. The molecule has 0 heterocycles. The van der Waals surface area contributed by atoms with E-state index in [4.69, 9.17) is 9.94 Å². The van der Waals surface area contributed by atoms with Gasteiger partial charge in [0, 0.05) is 7.05 Å². The molecule has 0 aliphatic carbocycles. The van der Waals surface area contributed by atoms with Crippen molar-refractivity contribution in [2.75, 3.05) is 13.7 Å². The van der Waals surface area contributed by atoms with Crippen LogP contribution in [0.5, 0.6) is 5.75 Å². The van der Waals surface area contributed by atoms with Crippen LogP contribution in [-0.4, -0.2) is 18.8 Å². The van der Waals surface area contributed by atoms with Crippen molar-refractivity contribution < 1.29 is 9.94 Å². The molecule has 0 radical (unpaired) electrons. The fraction of sp³-hybridized carbons (Fsp3) is 0.333. The second kappa shape index (κ2) is 4.74.